The summed E-state index contributed by atoms with van der Waals surface area (Å²) in [5.74, 6) is 0. The van der Waals surface area contributed by atoms with E-state index in [2.05, 4.69) is 54.4 Å². The van der Waals surface area contributed by atoms with Gasteiger partial charge in [0.2, 0.25) is 0 Å². The van der Waals surface area contributed by atoms with Gasteiger partial charge in [-0.3, -0.25) is 0 Å². The zero-order valence-electron chi connectivity index (χ0n) is 11.2. The Labute approximate surface area is 140 Å². The quantitative estimate of drug-likeness (QED) is 0.790. The van der Waals surface area contributed by atoms with E-state index in [4.69, 9.17) is 11.6 Å². The van der Waals surface area contributed by atoms with Crippen LogP contribution in [0.1, 0.15) is 30.6 Å². The summed E-state index contributed by atoms with van der Waals surface area (Å²) in [6, 6.07) is 5.78. The Morgan fingerprint density at radius 2 is 2.15 bits per heavy atom. The molecule has 1 heterocycles. The fourth-order valence-electron chi connectivity index (χ4n) is 2.02. The Morgan fingerprint density at radius 3 is 2.75 bits per heavy atom. The second-order valence-corrected chi connectivity index (χ2v) is 6.52. The molecule has 0 radical (unpaired) electrons. The SMILES string of the molecule is CCCNC(c1cc(Br)ccc1Cl)c1c(Br)nnn1C. The number of halogens is 3. The molecule has 1 N–H and O–H groups in total. The average molecular weight is 423 g/mol. The van der Waals surface area contributed by atoms with Crippen LogP contribution in [0.5, 0.6) is 0 Å². The second kappa shape index (κ2) is 7.02. The first-order valence-electron chi connectivity index (χ1n) is 6.28. The molecule has 7 heteroatoms. The first-order valence-corrected chi connectivity index (χ1v) is 8.24. The van der Waals surface area contributed by atoms with E-state index in [0.717, 1.165) is 38.3 Å². The number of nitrogens with zero attached hydrogens (tertiary/aromatic N) is 3. The van der Waals surface area contributed by atoms with Crippen LogP contribution in [0.25, 0.3) is 0 Å². The Hall–Kier alpha value is -0.430. The lowest BCUT2D eigenvalue weighted by molar-refractivity contribution is 0.549. The predicted molar refractivity (Wildman–Crippen MR) is 88.0 cm³/mol. The molecule has 1 atom stereocenters. The van der Waals surface area contributed by atoms with Crippen LogP contribution < -0.4 is 5.32 Å². The number of aryl methyl sites for hydroxylation is 1. The molecule has 2 aromatic rings. The van der Waals surface area contributed by atoms with Gasteiger partial charge in [-0.1, -0.05) is 39.7 Å². The van der Waals surface area contributed by atoms with Crippen LogP contribution in [0.2, 0.25) is 5.02 Å². The van der Waals surface area contributed by atoms with Crippen LogP contribution in [-0.4, -0.2) is 21.5 Å². The number of hydrogen-bond donors (Lipinski definition) is 1. The van der Waals surface area contributed by atoms with Crippen LogP contribution >= 0.6 is 43.5 Å². The van der Waals surface area contributed by atoms with Gasteiger partial charge in [0.15, 0.2) is 4.60 Å². The van der Waals surface area contributed by atoms with Crippen molar-refractivity contribution in [3.8, 4) is 0 Å². The van der Waals surface area contributed by atoms with Gasteiger partial charge in [0.1, 0.15) is 0 Å². The van der Waals surface area contributed by atoms with E-state index in [1.165, 1.54) is 0 Å². The molecule has 1 unspecified atom stereocenters. The minimum atomic E-state index is -0.0608. The summed E-state index contributed by atoms with van der Waals surface area (Å²) < 4.78 is 3.48. The molecular formula is C13H15Br2ClN4. The third-order valence-electron chi connectivity index (χ3n) is 2.97. The van der Waals surface area contributed by atoms with E-state index < -0.39 is 0 Å². The minimum absolute atomic E-state index is 0.0608. The summed E-state index contributed by atoms with van der Waals surface area (Å²) in [4.78, 5) is 0. The Kier molecular flexibility index (Phi) is 5.60. The van der Waals surface area contributed by atoms with Crippen molar-refractivity contribution in [3.63, 3.8) is 0 Å². The van der Waals surface area contributed by atoms with Gasteiger partial charge in [0.05, 0.1) is 11.7 Å². The molecule has 1 aromatic heterocycles. The summed E-state index contributed by atoms with van der Waals surface area (Å²) in [7, 11) is 1.87. The highest BCUT2D eigenvalue weighted by Gasteiger charge is 2.23. The first kappa shape index (κ1) is 15.9. The largest absolute Gasteiger partial charge is 0.305 e. The first-order chi connectivity index (χ1) is 9.54. The molecule has 0 saturated heterocycles. The molecule has 2 rings (SSSR count). The summed E-state index contributed by atoms with van der Waals surface area (Å²) in [5, 5.41) is 12.3. The van der Waals surface area contributed by atoms with Crippen molar-refractivity contribution in [1.29, 1.82) is 0 Å². The molecule has 0 aliphatic rings. The zero-order valence-corrected chi connectivity index (χ0v) is 15.1. The smallest absolute Gasteiger partial charge is 0.153 e. The van der Waals surface area contributed by atoms with Gasteiger partial charge in [-0.15, -0.1) is 5.10 Å². The van der Waals surface area contributed by atoms with Gasteiger partial charge in [-0.25, -0.2) is 4.68 Å². The van der Waals surface area contributed by atoms with E-state index in [0.29, 0.717) is 0 Å². The standard InChI is InChI=1S/C13H15Br2ClN4/c1-3-6-17-11(12-13(15)18-19-20(12)2)9-7-8(14)4-5-10(9)16/h4-5,7,11,17H,3,6H2,1-2H3. The zero-order chi connectivity index (χ0) is 14.7. The molecule has 0 saturated carbocycles. The monoisotopic (exact) mass is 420 g/mol. The summed E-state index contributed by atoms with van der Waals surface area (Å²) in [5.41, 5.74) is 1.96. The summed E-state index contributed by atoms with van der Waals surface area (Å²) >= 11 is 13.3. The molecular weight excluding hydrogens is 407 g/mol. The van der Waals surface area contributed by atoms with Crippen molar-refractivity contribution in [3.05, 3.63) is 43.6 Å². The van der Waals surface area contributed by atoms with Gasteiger partial charge in [0, 0.05) is 16.5 Å². The summed E-state index contributed by atoms with van der Waals surface area (Å²) in [6.45, 7) is 3.01. The van der Waals surface area contributed by atoms with Gasteiger partial charge in [-0.2, -0.15) is 0 Å². The molecule has 20 heavy (non-hydrogen) atoms. The van der Waals surface area contributed by atoms with Crippen molar-refractivity contribution in [2.45, 2.75) is 19.4 Å². The van der Waals surface area contributed by atoms with Gasteiger partial charge < -0.3 is 5.32 Å². The lowest BCUT2D eigenvalue weighted by Crippen LogP contribution is -2.26. The van der Waals surface area contributed by atoms with Crippen molar-refractivity contribution in [1.82, 2.24) is 20.3 Å². The minimum Gasteiger partial charge on any atom is -0.305 e. The van der Waals surface area contributed by atoms with E-state index in [1.807, 2.05) is 25.2 Å². The van der Waals surface area contributed by atoms with Crippen LogP contribution in [0.3, 0.4) is 0 Å². The topological polar surface area (TPSA) is 42.7 Å². The number of benzene rings is 1. The maximum atomic E-state index is 6.37. The highest BCUT2D eigenvalue weighted by molar-refractivity contribution is 9.10. The normalized spacial score (nSPS) is 12.7. The molecule has 0 fully saturated rings. The maximum Gasteiger partial charge on any atom is 0.153 e. The third-order valence-corrected chi connectivity index (χ3v) is 4.37. The molecule has 0 amide bonds. The van der Waals surface area contributed by atoms with Crippen molar-refractivity contribution in [2.24, 2.45) is 7.05 Å². The highest BCUT2D eigenvalue weighted by Crippen LogP contribution is 2.33. The van der Waals surface area contributed by atoms with Crippen LogP contribution in [0, 0.1) is 0 Å². The van der Waals surface area contributed by atoms with E-state index in [-0.39, 0.29) is 6.04 Å². The lowest BCUT2D eigenvalue weighted by atomic mass is 10.0. The van der Waals surface area contributed by atoms with E-state index in [1.54, 1.807) is 4.68 Å². The van der Waals surface area contributed by atoms with Crippen molar-refractivity contribution < 1.29 is 0 Å². The van der Waals surface area contributed by atoms with Crippen LogP contribution in [0.15, 0.2) is 27.3 Å². The lowest BCUT2D eigenvalue weighted by Gasteiger charge is -2.20. The van der Waals surface area contributed by atoms with Gasteiger partial charge in [0.25, 0.3) is 0 Å². The predicted octanol–water partition coefficient (Wildman–Crippen LogP) is 4.08. The maximum absolute atomic E-state index is 6.37. The van der Waals surface area contributed by atoms with Gasteiger partial charge in [-0.05, 0) is 52.7 Å². The van der Waals surface area contributed by atoms with Crippen molar-refractivity contribution in [2.75, 3.05) is 6.54 Å². The number of nitrogens with one attached hydrogen (secondary N) is 1. The molecule has 4 nitrogen and oxygen atoms in total. The van der Waals surface area contributed by atoms with Crippen LogP contribution in [-0.2, 0) is 7.05 Å². The molecule has 0 bridgehead atoms. The second-order valence-electron chi connectivity index (χ2n) is 4.44. The number of rotatable bonds is 5. The Bertz CT molecular complexity index is 581. The van der Waals surface area contributed by atoms with E-state index >= 15 is 0 Å². The van der Waals surface area contributed by atoms with Crippen molar-refractivity contribution >= 4 is 43.5 Å². The fourth-order valence-corrected chi connectivity index (χ4v) is 3.19. The average Bonchev–Trinajstić information content (AvgIpc) is 2.74. The Balaban J connectivity index is 2.50. The fraction of sp³-hybridized carbons (Fsp3) is 0.385. The van der Waals surface area contributed by atoms with E-state index in [9.17, 15) is 0 Å². The molecule has 0 aliphatic carbocycles. The summed E-state index contributed by atoms with van der Waals surface area (Å²) in [6.07, 6.45) is 1.03. The number of aromatic nitrogens is 3. The molecule has 0 spiro atoms. The third kappa shape index (κ3) is 3.42. The van der Waals surface area contributed by atoms with Crippen LogP contribution in [0.4, 0.5) is 0 Å². The molecule has 108 valence electrons. The highest BCUT2D eigenvalue weighted by atomic mass is 79.9. The molecule has 0 aliphatic heterocycles. The molecule has 1 aromatic carbocycles. The number of hydrogen-bond acceptors (Lipinski definition) is 3. The Morgan fingerprint density at radius 1 is 1.40 bits per heavy atom. The van der Waals surface area contributed by atoms with Gasteiger partial charge >= 0.3 is 0 Å².